The Bertz CT molecular complexity index is 743. The summed E-state index contributed by atoms with van der Waals surface area (Å²) in [6.45, 7) is 15.4. The standard InChI is InChI=1S/C21H36N2O4S/c1-8-17(7)23(21(24)16(5)6)15-18-12-13-19(22(9-2)10-3)14-20(18)27-28(25,26)11-4/h12-14,16-17H,8-11,15H2,1-7H3/t17-/m0/s1. The van der Waals surface area contributed by atoms with Crippen LogP contribution in [-0.4, -0.2) is 44.1 Å². The highest BCUT2D eigenvalue weighted by atomic mass is 32.2. The third-order valence-electron chi connectivity index (χ3n) is 4.99. The minimum absolute atomic E-state index is 0.0477. The number of carbonyl (C=O) groups excluding carboxylic acids is 1. The van der Waals surface area contributed by atoms with E-state index in [1.165, 1.54) is 0 Å². The van der Waals surface area contributed by atoms with Crippen LogP contribution in [0.3, 0.4) is 0 Å². The van der Waals surface area contributed by atoms with Crippen LogP contribution in [0.25, 0.3) is 0 Å². The van der Waals surface area contributed by atoms with Gasteiger partial charge in [-0.2, -0.15) is 8.42 Å². The summed E-state index contributed by atoms with van der Waals surface area (Å²) in [5.41, 5.74) is 1.60. The van der Waals surface area contributed by atoms with Crippen molar-refractivity contribution in [3.8, 4) is 5.75 Å². The molecule has 0 radical (unpaired) electrons. The molecule has 0 aliphatic carbocycles. The van der Waals surface area contributed by atoms with Gasteiger partial charge < -0.3 is 14.0 Å². The number of hydrogen-bond donors (Lipinski definition) is 0. The lowest BCUT2D eigenvalue weighted by atomic mass is 10.1. The van der Waals surface area contributed by atoms with Crippen LogP contribution in [0, 0.1) is 5.92 Å². The predicted molar refractivity (Wildman–Crippen MR) is 115 cm³/mol. The molecule has 1 aromatic rings. The van der Waals surface area contributed by atoms with Gasteiger partial charge in [-0.05, 0) is 40.2 Å². The molecule has 0 spiro atoms. The number of rotatable bonds is 11. The van der Waals surface area contributed by atoms with Gasteiger partial charge in [-0.15, -0.1) is 0 Å². The summed E-state index contributed by atoms with van der Waals surface area (Å²) < 4.78 is 29.7. The maximum Gasteiger partial charge on any atom is 0.308 e. The molecule has 0 unspecified atom stereocenters. The van der Waals surface area contributed by atoms with E-state index in [1.54, 1.807) is 13.0 Å². The second kappa shape index (κ2) is 10.7. The highest BCUT2D eigenvalue weighted by Gasteiger charge is 2.24. The van der Waals surface area contributed by atoms with E-state index in [2.05, 4.69) is 4.90 Å². The summed E-state index contributed by atoms with van der Waals surface area (Å²) in [7, 11) is -3.67. The highest BCUT2D eigenvalue weighted by molar-refractivity contribution is 7.87. The molecule has 0 fully saturated rings. The first-order chi connectivity index (χ1) is 13.1. The molecule has 1 amide bonds. The Morgan fingerprint density at radius 2 is 1.68 bits per heavy atom. The van der Waals surface area contributed by atoms with Crippen molar-refractivity contribution in [3.05, 3.63) is 23.8 Å². The van der Waals surface area contributed by atoms with Crippen molar-refractivity contribution in [3.63, 3.8) is 0 Å². The quantitative estimate of drug-likeness (QED) is 0.513. The van der Waals surface area contributed by atoms with Crippen molar-refractivity contribution in [2.75, 3.05) is 23.7 Å². The first kappa shape index (κ1) is 24.3. The largest absolute Gasteiger partial charge is 0.382 e. The second-order valence-electron chi connectivity index (χ2n) is 7.27. The lowest BCUT2D eigenvalue weighted by Crippen LogP contribution is -2.40. The van der Waals surface area contributed by atoms with Gasteiger partial charge in [0.2, 0.25) is 5.91 Å². The van der Waals surface area contributed by atoms with E-state index in [1.807, 2.05) is 58.6 Å². The molecule has 0 heterocycles. The molecular weight excluding hydrogens is 376 g/mol. The van der Waals surface area contributed by atoms with Crippen molar-refractivity contribution >= 4 is 21.7 Å². The summed E-state index contributed by atoms with van der Waals surface area (Å²) in [5, 5.41) is 0. The van der Waals surface area contributed by atoms with E-state index in [0.717, 1.165) is 25.2 Å². The molecule has 1 aromatic carbocycles. The van der Waals surface area contributed by atoms with E-state index in [0.29, 0.717) is 17.9 Å². The minimum Gasteiger partial charge on any atom is -0.382 e. The number of hydrogen-bond acceptors (Lipinski definition) is 5. The molecule has 160 valence electrons. The second-order valence-corrected chi connectivity index (χ2v) is 9.13. The smallest absolute Gasteiger partial charge is 0.308 e. The van der Waals surface area contributed by atoms with Crippen molar-refractivity contribution < 1.29 is 17.4 Å². The summed E-state index contributed by atoms with van der Waals surface area (Å²) in [4.78, 5) is 16.7. The molecule has 0 saturated carbocycles. The molecule has 28 heavy (non-hydrogen) atoms. The summed E-state index contributed by atoms with van der Waals surface area (Å²) in [6, 6.07) is 5.65. The molecule has 0 bridgehead atoms. The normalized spacial score (nSPS) is 12.7. The van der Waals surface area contributed by atoms with E-state index < -0.39 is 10.1 Å². The van der Waals surface area contributed by atoms with Gasteiger partial charge in [0.15, 0.2) is 0 Å². The Labute approximate surface area is 171 Å². The fourth-order valence-corrected chi connectivity index (χ4v) is 3.47. The molecule has 1 rings (SSSR count). The molecule has 7 heteroatoms. The van der Waals surface area contributed by atoms with Gasteiger partial charge in [-0.1, -0.05) is 26.8 Å². The molecular formula is C21H36N2O4S. The third kappa shape index (κ3) is 6.40. The topological polar surface area (TPSA) is 66.9 Å². The van der Waals surface area contributed by atoms with E-state index >= 15 is 0 Å². The zero-order valence-corrected chi connectivity index (χ0v) is 19.2. The number of anilines is 1. The summed E-state index contributed by atoms with van der Waals surface area (Å²) in [6.07, 6.45) is 0.819. The van der Waals surface area contributed by atoms with E-state index in [-0.39, 0.29) is 23.6 Å². The fourth-order valence-electron chi connectivity index (χ4n) is 2.92. The fraction of sp³-hybridized carbons (Fsp3) is 0.667. The lowest BCUT2D eigenvalue weighted by Gasteiger charge is -2.31. The van der Waals surface area contributed by atoms with Gasteiger partial charge in [0.25, 0.3) is 0 Å². The van der Waals surface area contributed by atoms with Crippen LogP contribution >= 0.6 is 0 Å². The third-order valence-corrected chi connectivity index (χ3v) is 6.13. The summed E-state index contributed by atoms with van der Waals surface area (Å²) in [5.74, 6) is 0.109. The zero-order valence-electron chi connectivity index (χ0n) is 18.4. The average molecular weight is 413 g/mol. The molecule has 1 atom stereocenters. The van der Waals surface area contributed by atoms with Crippen LogP contribution in [0.5, 0.6) is 5.75 Å². The highest BCUT2D eigenvalue weighted by Crippen LogP contribution is 2.29. The van der Waals surface area contributed by atoms with Crippen LogP contribution in [0.4, 0.5) is 5.69 Å². The van der Waals surface area contributed by atoms with Gasteiger partial charge in [-0.25, -0.2) is 0 Å². The molecule has 0 aliphatic heterocycles. The minimum atomic E-state index is -3.67. The molecule has 0 aromatic heterocycles. The average Bonchev–Trinajstić information content (AvgIpc) is 2.66. The molecule has 0 saturated heterocycles. The van der Waals surface area contributed by atoms with Crippen LogP contribution < -0.4 is 9.08 Å². The van der Waals surface area contributed by atoms with Gasteiger partial charge >= 0.3 is 10.1 Å². The van der Waals surface area contributed by atoms with Gasteiger partial charge in [-0.3, -0.25) is 4.79 Å². The predicted octanol–water partition coefficient (Wildman–Crippen LogP) is 4.04. The van der Waals surface area contributed by atoms with Crippen molar-refractivity contribution in [1.29, 1.82) is 0 Å². The molecule has 0 N–H and O–H groups in total. The Morgan fingerprint density at radius 1 is 1.07 bits per heavy atom. The first-order valence-corrected chi connectivity index (χ1v) is 11.8. The first-order valence-electron chi connectivity index (χ1n) is 10.2. The van der Waals surface area contributed by atoms with Crippen molar-refractivity contribution in [2.24, 2.45) is 5.92 Å². The number of carbonyl (C=O) groups is 1. The Kier molecular flexibility index (Phi) is 9.27. The van der Waals surface area contributed by atoms with Gasteiger partial charge in [0, 0.05) is 48.9 Å². The van der Waals surface area contributed by atoms with Crippen LogP contribution in [0.2, 0.25) is 0 Å². The van der Waals surface area contributed by atoms with Gasteiger partial charge in [0.1, 0.15) is 5.75 Å². The number of amides is 1. The Morgan fingerprint density at radius 3 is 2.14 bits per heavy atom. The maximum absolute atomic E-state index is 12.7. The van der Waals surface area contributed by atoms with Crippen LogP contribution in [-0.2, 0) is 21.5 Å². The number of nitrogens with zero attached hydrogens (tertiary/aromatic N) is 2. The number of benzene rings is 1. The Balaban J connectivity index is 3.39. The van der Waals surface area contributed by atoms with E-state index in [4.69, 9.17) is 4.18 Å². The SMILES string of the molecule is CC[C@H](C)N(Cc1ccc(N(CC)CC)cc1OS(=O)(=O)CC)C(=O)C(C)C. The van der Waals surface area contributed by atoms with Crippen LogP contribution in [0.15, 0.2) is 18.2 Å². The Hall–Kier alpha value is -1.76. The summed E-state index contributed by atoms with van der Waals surface area (Å²) >= 11 is 0. The van der Waals surface area contributed by atoms with Crippen molar-refractivity contribution in [2.45, 2.75) is 67.5 Å². The molecule has 6 nitrogen and oxygen atoms in total. The van der Waals surface area contributed by atoms with Crippen LogP contribution in [0.1, 0.15) is 60.5 Å². The van der Waals surface area contributed by atoms with Gasteiger partial charge in [0.05, 0.1) is 5.75 Å². The monoisotopic (exact) mass is 412 g/mol. The molecule has 0 aliphatic rings. The van der Waals surface area contributed by atoms with E-state index in [9.17, 15) is 13.2 Å². The maximum atomic E-state index is 12.7. The van der Waals surface area contributed by atoms with Crippen molar-refractivity contribution in [1.82, 2.24) is 4.90 Å². The lowest BCUT2D eigenvalue weighted by molar-refractivity contribution is -0.137. The zero-order chi connectivity index (χ0) is 21.5.